The van der Waals surface area contributed by atoms with E-state index in [0.717, 1.165) is 0 Å². The fourth-order valence-electron chi connectivity index (χ4n) is 0.919. The highest BCUT2D eigenvalue weighted by molar-refractivity contribution is 5.21. The molecule has 0 heterocycles. The number of rotatable bonds is 4. The fourth-order valence-corrected chi connectivity index (χ4v) is 0.919. The van der Waals surface area contributed by atoms with Gasteiger partial charge in [-0.1, -0.05) is 25.1 Å². The first-order valence-electron chi connectivity index (χ1n) is 4.32. The van der Waals surface area contributed by atoms with Crippen molar-refractivity contribution in [1.82, 2.24) is 0 Å². The summed E-state index contributed by atoms with van der Waals surface area (Å²) in [7, 11) is 0. The lowest BCUT2D eigenvalue weighted by molar-refractivity contribution is -0.104. The molecule has 0 aromatic heterocycles. The number of aliphatic hydroxyl groups excluding tert-OH is 2. The number of ether oxygens (including phenoxy) is 1. The quantitative estimate of drug-likeness (QED) is 0.687. The first-order chi connectivity index (χ1) is 6.24. The number of hydrogen-bond acceptors (Lipinski definition) is 3. The largest absolute Gasteiger partial charge is 0.462 e. The minimum atomic E-state index is -1.15. The molecule has 0 spiro atoms. The van der Waals surface area contributed by atoms with E-state index in [-0.39, 0.29) is 0 Å². The zero-order chi connectivity index (χ0) is 9.68. The zero-order valence-electron chi connectivity index (χ0n) is 7.55. The summed E-state index contributed by atoms with van der Waals surface area (Å²) in [6.45, 7) is 1.78. The van der Waals surface area contributed by atoms with E-state index in [1.54, 1.807) is 31.2 Å². The van der Waals surface area contributed by atoms with E-state index in [1.807, 2.05) is 6.07 Å². The third-order valence-electron chi connectivity index (χ3n) is 1.75. The molecule has 0 bridgehead atoms. The lowest BCUT2D eigenvalue weighted by Gasteiger charge is -2.17. The predicted molar refractivity (Wildman–Crippen MR) is 49.4 cm³/mol. The molecule has 1 aromatic carbocycles. The first kappa shape index (κ1) is 10.0. The van der Waals surface area contributed by atoms with Crippen LogP contribution in [0.2, 0.25) is 0 Å². The van der Waals surface area contributed by atoms with Crippen LogP contribution >= 0.6 is 0 Å². The topological polar surface area (TPSA) is 49.7 Å². The first-order valence-corrected chi connectivity index (χ1v) is 4.32. The van der Waals surface area contributed by atoms with E-state index in [1.165, 1.54) is 0 Å². The van der Waals surface area contributed by atoms with Gasteiger partial charge in [-0.15, -0.1) is 0 Å². The standard InChI is InChI=1S/C10H14O3/c1-2-9(11)10(12)13-8-6-4-3-5-7-8/h3-7,9-12H,2H2,1H3/t9-,10+/m0/s1. The minimum Gasteiger partial charge on any atom is -0.462 e. The molecule has 0 saturated heterocycles. The van der Waals surface area contributed by atoms with E-state index in [4.69, 9.17) is 4.74 Å². The van der Waals surface area contributed by atoms with Crippen LogP contribution in [0.15, 0.2) is 30.3 Å². The van der Waals surface area contributed by atoms with Gasteiger partial charge in [0.15, 0.2) is 0 Å². The summed E-state index contributed by atoms with van der Waals surface area (Å²) in [6.07, 6.45) is -1.51. The molecule has 3 nitrogen and oxygen atoms in total. The zero-order valence-corrected chi connectivity index (χ0v) is 7.55. The van der Waals surface area contributed by atoms with Crippen LogP contribution in [0, 0.1) is 0 Å². The molecule has 3 heteroatoms. The van der Waals surface area contributed by atoms with Gasteiger partial charge in [0, 0.05) is 0 Å². The van der Waals surface area contributed by atoms with E-state index < -0.39 is 12.4 Å². The predicted octanol–water partition coefficient (Wildman–Crippen LogP) is 1.15. The Morgan fingerprint density at radius 1 is 1.23 bits per heavy atom. The average molecular weight is 182 g/mol. The number of hydrogen-bond donors (Lipinski definition) is 2. The van der Waals surface area contributed by atoms with Gasteiger partial charge in [0.05, 0.1) is 0 Å². The third-order valence-corrected chi connectivity index (χ3v) is 1.75. The van der Waals surface area contributed by atoms with Crippen molar-refractivity contribution in [2.75, 3.05) is 0 Å². The summed E-state index contributed by atoms with van der Waals surface area (Å²) in [5, 5.41) is 18.5. The van der Waals surface area contributed by atoms with Crippen molar-refractivity contribution < 1.29 is 14.9 Å². The van der Waals surface area contributed by atoms with Gasteiger partial charge >= 0.3 is 0 Å². The van der Waals surface area contributed by atoms with Gasteiger partial charge in [-0.25, -0.2) is 0 Å². The summed E-state index contributed by atoms with van der Waals surface area (Å²) in [6, 6.07) is 8.92. The molecule has 2 atom stereocenters. The monoisotopic (exact) mass is 182 g/mol. The lowest BCUT2D eigenvalue weighted by atomic mass is 10.3. The fraction of sp³-hybridized carbons (Fsp3) is 0.400. The summed E-state index contributed by atoms with van der Waals surface area (Å²) < 4.78 is 5.07. The molecule has 0 fully saturated rings. The second-order valence-corrected chi connectivity index (χ2v) is 2.80. The molecule has 1 rings (SSSR count). The summed E-state index contributed by atoms with van der Waals surface area (Å²) in [4.78, 5) is 0. The Kier molecular flexibility index (Phi) is 3.73. The van der Waals surface area contributed by atoms with Crippen molar-refractivity contribution in [2.24, 2.45) is 0 Å². The molecule has 2 N–H and O–H groups in total. The van der Waals surface area contributed by atoms with E-state index in [0.29, 0.717) is 12.2 Å². The molecule has 13 heavy (non-hydrogen) atoms. The van der Waals surface area contributed by atoms with E-state index >= 15 is 0 Å². The second-order valence-electron chi connectivity index (χ2n) is 2.80. The van der Waals surface area contributed by atoms with Gasteiger partial charge in [0.1, 0.15) is 11.9 Å². The smallest absolute Gasteiger partial charge is 0.223 e. The normalized spacial score (nSPS) is 15.0. The van der Waals surface area contributed by atoms with Crippen molar-refractivity contribution in [2.45, 2.75) is 25.7 Å². The maximum absolute atomic E-state index is 9.30. The van der Waals surface area contributed by atoms with Crippen LogP contribution in [0.25, 0.3) is 0 Å². The molecule has 0 amide bonds. The molecular formula is C10H14O3. The molecule has 0 unspecified atom stereocenters. The molecule has 0 aliphatic rings. The average Bonchev–Trinajstić information content (AvgIpc) is 2.18. The number of benzene rings is 1. The Morgan fingerprint density at radius 2 is 1.85 bits per heavy atom. The Balaban J connectivity index is 2.50. The van der Waals surface area contributed by atoms with Gasteiger partial charge in [0.2, 0.25) is 6.29 Å². The van der Waals surface area contributed by atoms with Crippen LogP contribution in [0.5, 0.6) is 5.75 Å². The number of para-hydroxylation sites is 1. The highest BCUT2D eigenvalue weighted by Crippen LogP contribution is 2.12. The van der Waals surface area contributed by atoms with Gasteiger partial charge in [-0.2, -0.15) is 0 Å². The highest BCUT2D eigenvalue weighted by atomic mass is 16.6. The van der Waals surface area contributed by atoms with Crippen molar-refractivity contribution in [1.29, 1.82) is 0 Å². The summed E-state index contributed by atoms with van der Waals surface area (Å²) in [5.74, 6) is 0.558. The van der Waals surface area contributed by atoms with Gasteiger partial charge in [-0.3, -0.25) is 0 Å². The van der Waals surface area contributed by atoms with Crippen molar-refractivity contribution in [3.05, 3.63) is 30.3 Å². The van der Waals surface area contributed by atoms with Crippen LogP contribution in [0.1, 0.15) is 13.3 Å². The molecule has 0 saturated carbocycles. The van der Waals surface area contributed by atoms with Crippen LogP contribution in [0.4, 0.5) is 0 Å². The van der Waals surface area contributed by atoms with Crippen molar-refractivity contribution in [3.63, 3.8) is 0 Å². The van der Waals surface area contributed by atoms with Crippen molar-refractivity contribution >= 4 is 0 Å². The second kappa shape index (κ2) is 4.84. The van der Waals surface area contributed by atoms with Crippen molar-refractivity contribution in [3.8, 4) is 5.75 Å². The van der Waals surface area contributed by atoms with Gasteiger partial charge in [0.25, 0.3) is 0 Å². The van der Waals surface area contributed by atoms with Gasteiger partial charge in [-0.05, 0) is 18.6 Å². The Labute approximate surface area is 77.6 Å². The highest BCUT2D eigenvalue weighted by Gasteiger charge is 2.14. The maximum atomic E-state index is 9.30. The summed E-state index contributed by atoms with van der Waals surface area (Å²) >= 11 is 0. The van der Waals surface area contributed by atoms with Crippen LogP contribution in [-0.4, -0.2) is 22.6 Å². The maximum Gasteiger partial charge on any atom is 0.223 e. The Morgan fingerprint density at radius 3 is 2.38 bits per heavy atom. The molecule has 1 aromatic rings. The molecule has 0 aliphatic carbocycles. The SMILES string of the molecule is CC[C@H](O)[C@H](O)Oc1ccccc1. The van der Waals surface area contributed by atoms with Crippen LogP contribution < -0.4 is 4.74 Å². The van der Waals surface area contributed by atoms with E-state index in [2.05, 4.69) is 0 Å². The Bertz CT molecular complexity index is 235. The molecule has 72 valence electrons. The lowest BCUT2D eigenvalue weighted by Crippen LogP contribution is -2.30. The Hall–Kier alpha value is -1.06. The number of aliphatic hydroxyl groups is 2. The molecule has 0 aliphatic heterocycles. The van der Waals surface area contributed by atoms with E-state index in [9.17, 15) is 10.2 Å². The molecule has 0 radical (unpaired) electrons. The minimum absolute atomic E-state index is 0.466. The van der Waals surface area contributed by atoms with Crippen LogP contribution in [-0.2, 0) is 0 Å². The third kappa shape index (κ3) is 3.05. The van der Waals surface area contributed by atoms with Gasteiger partial charge < -0.3 is 14.9 Å². The summed E-state index contributed by atoms with van der Waals surface area (Å²) in [5.41, 5.74) is 0. The molecular weight excluding hydrogens is 168 g/mol. The van der Waals surface area contributed by atoms with Crippen LogP contribution in [0.3, 0.4) is 0 Å².